The monoisotopic (exact) mass is 423 g/mol. The van der Waals surface area contributed by atoms with Gasteiger partial charge in [0, 0.05) is 18.5 Å². The van der Waals surface area contributed by atoms with Crippen molar-refractivity contribution in [2.45, 2.75) is 31.4 Å². The second kappa shape index (κ2) is 6.79. The number of likely N-dealkylation sites (N-methyl/N-ethyl adjacent to an activating group) is 1. The fourth-order valence-electron chi connectivity index (χ4n) is 5.04. The first-order valence-electron chi connectivity index (χ1n) is 9.96. The number of cyclic esters (lactones) is 1. The highest BCUT2D eigenvalue weighted by atomic mass is 16.7. The molecule has 3 aliphatic heterocycles. The number of carbonyl (C=O) groups is 2. The second-order valence-electron chi connectivity index (χ2n) is 8.00. The number of allylic oxidation sites excluding steroid dienone is 1. The fraction of sp³-hybridized carbons (Fsp3) is 0.391. The molecule has 3 heterocycles. The molecular weight excluding hydrogens is 402 g/mol. The third kappa shape index (κ3) is 2.53. The molecule has 4 aliphatic rings. The zero-order valence-electron chi connectivity index (χ0n) is 17.4. The molecule has 8 heteroatoms. The Bertz CT molecular complexity index is 1150. The Balaban J connectivity index is 1.77. The minimum atomic E-state index is -1.21. The number of hydrogen-bond donors (Lipinski definition) is 1. The van der Waals surface area contributed by atoms with E-state index in [1.807, 2.05) is 11.9 Å². The van der Waals surface area contributed by atoms with Crippen LogP contribution in [0.1, 0.15) is 40.9 Å². The third-order valence-electron chi connectivity index (χ3n) is 6.37. The number of methoxy groups -OCH3 is 1. The molecule has 0 aromatic heterocycles. The van der Waals surface area contributed by atoms with Gasteiger partial charge in [-0.05, 0) is 32.0 Å². The smallest absolute Gasteiger partial charge is 0.343 e. The fourth-order valence-corrected chi connectivity index (χ4v) is 5.04. The summed E-state index contributed by atoms with van der Waals surface area (Å²) in [7, 11) is 3.38. The van der Waals surface area contributed by atoms with Crippen LogP contribution < -0.4 is 9.47 Å². The molecule has 8 nitrogen and oxygen atoms in total. The SMILES string of the molecule is COC1=CCC#CC2=C1C(=O)OC2(C)C1c2c(O)c3c(c(C=O)c2CCN1C)OCO3. The number of carbonyl (C=O) groups excluding carboxylic acids is 2. The average Bonchev–Trinajstić information content (AvgIpc) is 3.24. The molecule has 160 valence electrons. The van der Waals surface area contributed by atoms with Crippen LogP contribution in [0.15, 0.2) is 23.0 Å². The van der Waals surface area contributed by atoms with Gasteiger partial charge in [0.15, 0.2) is 23.4 Å². The van der Waals surface area contributed by atoms with Crippen LogP contribution in [0.4, 0.5) is 0 Å². The molecule has 2 unspecified atom stereocenters. The first-order valence-corrected chi connectivity index (χ1v) is 9.96. The van der Waals surface area contributed by atoms with E-state index >= 15 is 0 Å². The maximum Gasteiger partial charge on any atom is 0.343 e. The highest BCUT2D eigenvalue weighted by Gasteiger charge is 2.55. The molecule has 0 bridgehead atoms. The molecular formula is C23H21NO7. The number of esters is 1. The van der Waals surface area contributed by atoms with E-state index in [1.54, 1.807) is 13.0 Å². The lowest BCUT2D eigenvalue weighted by Crippen LogP contribution is -2.47. The van der Waals surface area contributed by atoms with E-state index in [-0.39, 0.29) is 24.0 Å². The number of benzene rings is 1. The van der Waals surface area contributed by atoms with E-state index in [2.05, 4.69) is 11.8 Å². The summed E-state index contributed by atoms with van der Waals surface area (Å²) in [5.74, 6) is 6.28. The molecule has 0 radical (unpaired) electrons. The van der Waals surface area contributed by atoms with Crippen molar-refractivity contribution in [3.8, 4) is 29.1 Å². The molecule has 1 aromatic rings. The van der Waals surface area contributed by atoms with Crippen LogP contribution in [0.3, 0.4) is 0 Å². The Kier molecular flexibility index (Phi) is 4.27. The summed E-state index contributed by atoms with van der Waals surface area (Å²) in [4.78, 5) is 26.9. The third-order valence-corrected chi connectivity index (χ3v) is 6.37. The van der Waals surface area contributed by atoms with E-state index < -0.39 is 17.6 Å². The van der Waals surface area contributed by atoms with E-state index in [1.165, 1.54) is 7.11 Å². The molecule has 0 saturated heterocycles. The van der Waals surface area contributed by atoms with Gasteiger partial charge < -0.3 is 24.1 Å². The van der Waals surface area contributed by atoms with Crippen molar-refractivity contribution >= 4 is 12.3 Å². The van der Waals surface area contributed by atoms with Gasteiger partial charge in [-0.3, -0.25) is 9.69 Å². The zero-order chi connectivity index (χ0) is 21.9. The van der Waals surface area contributed by atoms with E-state index in [4.69, 9.17) is 18.9 Å². The summed E-state index contributed by atoms with van der Waals surface area (Å²) >= 11 is 0. The molecule has 1 aromatic carbocycles. The summed E-state index contributed by atoms with van der Waals surface area (Å²) in [5, 5.41) is 11.2. The van der Waals surface area contributed by atoms with E-state index in [0.29, 0.717) is 53.0 Å². The van der Waals surface area contributed by atoms with E-state index in [9.17, 15) is 14.7 Å². The summed E-state index contributed by atoms with van der Waals surface area (Å²) in [6, 6.07) is -0.605. The maximum absolute atomic E-state index is 13.0. The largest absolute Gasteiger partial charge is 0.504 e. The number of rotatable bonds is 3. The van der Waals surface area contributed by atoms with Crippen molar-refractivity contribution in [1.82, 2.24) is 4.90 Å². The van der Waals surface area contributed by atoms with Crippen LogP contribution in [0, 0.1) is 11.8 Å². The Morgan fingerprint density at radius 2 is 2.13 bits per heavy atom. The molecule has 0 spiro atoms. The number of hydrogen-bond acceptors (Lipinski definition) is 8. The van der Waals surface area contributed by atoms with Gasteiger partial charge in [-0.1, -0.05) is 11.8 Å². The molecule has 1 N–H and O–H groups in total. The zero-order valence-corrected chi connectivity index (χ0v) is 17.4. The summed E-state index contributed by atoms with van der Waals surface area (Å²) in [6.45, 7) is 2.28. The van der Waals surface area contributed by atoms with E-state index in [0.717, 1.165) is 6.29 Å². The molecule has 31 heavy (non-hydrogen) atoms. The van der Waals surface area contributed by atoms with Crippen molar-refractivity contribution in [2.24, 2.45) is 0 Å². The van der Waals surface area contributed by atoms with Gasteiger partial charge in [0.1, 0.15) is 11.3 Å². The van der Waals surface area contributed by atoms with Gasteiger partial charge in [-0.25, -0.2) is 4.79 Å². The summed E-state index contributed by atoms with van der Waals surface area (Å²) in [5.41, 5.74) is 1.08. The van der Waals surface area contributed by atoms with Crippen LogP contribution in [0.2, 0.25) is 0 Å². The topological polar surface area (TPSA) is 94.5 Å². The Morgan fingerprint density at radius 3 is 2.87 bits per heavy atom. The highest BCUT2D eigenvalue weighted by Crippen LogP contribution is 2.56. The molecule has 1 aliphatic carbocycles. The molecule has 5 rings (SSSR count). The van der Waals surface area contributed by atoms with Gasteiger partial charge in [0.2, 0.25) is 12.5 Å². The van der Waals surface area contributed by atoms with Crippen LogP contribution in [0.5, 0.6) is 17.2 Å². The quantitative estimate of drug-likeness (QED) is 0.448. The number of aldehydes is 1. The normalized spacial score (nSPS) is 26.2. The number of phenolic OH excluding ortho intramolecular Hbond substituents is 1. The molecule has 0 saturated carbocycles. The van der Waals surface area contributed by atoms with Gasteiger partial charge in [-0.15, -0.1) is 0 Å². The number of phenols is 1. The maximum atomic E-state index is 13.0. The van der Waals surface area contributed by atoms with Crippen molar-refractivity contribution < 1.29 is 33.6 Å². The van der Waals surface area contributed by atoms with Crippen LogP contribution in [-0.2, 0) is 20.7 Å². The number of fused-ring (bicyclic) bond motifs is 2. The minimum absolute atomic E-state index is 0.0812. The lowest BCUT2D eigenvalue weighted by molar-refractivity contribution is -0.151. The van der Waals surface area contributed by atoms with Gasteiger partial charge in [0.25, 0.3) is 0 Å². The lowest BCUT2D eigenvalue weighted by atomic mass is 9.76. The summed E-state index contributed by atoms with van der Waals surface area (Å²) < 4.78 is 22.3. The number of ether oxygens (including phenoxy) is 4. The number of aromatic hydroxyl groups is 1. The molecule has 0 fully saturated rings. The first kappa shape index (κ1) is 19.5. The van der Waals surface area contributed by atoms with Crippen molar-refractivity contribution in [3.05, 3.63) is 39.7 Å². The van der Waals surface area contributed by atoms with Crippen molar-refractivity contribution in [3.63, 3.8) is 0 Å². The average molecular weight is 423 g/mol. The van der Waals surface area contributed by atoms with Gasteiger partial charge >= 0.3 is 5.97 Å². The molecule has 0 amide bonds. The standard InChI is InChI=1S/C23H21NO7/c1-23(14-6-4-5-7-15(28-3)17(14)22(27)31-23)21-16-12(8-9-24(21)2)13(10-25)19-20(18(16)26)30-11-29-19/h7,10,21,26H,5,8-9,11H2,1-3H3. The minimum Gasteiger partial charge on any atom is -0.504 e. The predicted octanol–water partition coefficient (Wildman–Crippen LogP) is 2.01. The van der Waals surface area contributed by atoms with Crippen molar-refractivity contribution in [2.75, 3.05) is 27.5 Å². The number of nitrogens with zero attached hydrogens (tertiary/aromatic N) is 1. The first-order chi connectivity index (χ1) is 14.9. The van der Waals surface area contributed by atoms with Crippen molar-refractivity contribution in [1.29, 1.82) is 0 Å². The molecule has 2 atom stereocenters. The predicted molar refractivity (Wildman–Crippen MR) is 108 cm³/mol. The van der Waals surface area contributed by atoms with Crippen LogP contribution in [-0.4, -0.2) is 55.4 Å². The Labute approximate surface area is 179 Å². The lowest BCUT2D eigenvalue weighted by Gasteiger charge is -2.44. The summed E-state index contributed by atoms with van der Waals surface area (Å²) in [6.07, 6.45) is 3.43. The van der Waals surface area contributed by atoms with Gasteiger partial charge in [-0.2, -0.15) is 0 Å². The van der Waals surface area contributed by atoms with Crippen LogP contribution in [0.25, 0.3) is 0 Å². The Morgan fingerprint density at radius 1 is 1.35 bits per heavy atom. The van der Waals surface area contributed by atoms with Crippen LogP contribution >= 0.6 is 0 Å². The highest BCUT2D eigenvalue weighted by molar-refractivity contribution is 5.99. The Hall–Kier alpha value is -3.44. The van der Waals surface area contributed by atoms with Gasteiger partial charge in [0.05, 0.1) is 24.3 Å². The second-order valence-corrected chi connectivity index (χ2v) is 8.00.